The summed E-state index contributed by atoms with van der Waals surface area (Å²) in [6.07, 6.45) is 7.21. The Kier molecular flexibility index (Phi) is 3.88. The highest BCUT2D eigenvalue weighted by atomic mass is 32.1. The van der Waals surface area contributed by atoms with Crippen LogP contribution in [0.2, 0.25) is 0 Å². The van der Waals surface area contributed by atoms with Gasteiger partial charge in [0.2, 0.25) is 11.8 Å². The van der Waals surface area contributed by atoms with Gasteiger partial charge in [-0.05, 0) is 30.4 Å². The van der Waals surface area contributed by atoms with Crippen molar-refractivity contribution in [2.24, 2.45) is 0 Å². The molecule has 1 aliphatic carbocycles. The summed E-state index contributed by atoms with van der Waals surface area (Å²) in [6, 6.07) is 3.94. The SMILES string of the molecule is Cc1nc(C2(NC(=O)/C=C/c3cccs3)CCCC2)no1. The van der Waals surface area contributed by atoms with Gasteiger partial charge >= 0.3 is 0 Å². The van der Waals surface area contributed by atoms with Crippen molar-refractivity contribution in [3.63, 3.8) is 0 Å². The summed E-state index contributed by atoms with van der Waals surface area (Å²) in [5.41, 5.74) is -0.478. The molecule has 0 bridgehead atoms. The molecule has 2 heterocycles. The predicted octanol–water partition coefficient (Wildman–Crippen LogP) is 3.04. The second-order valence-corrected chi connectivity index (χ2v) is 6.24. The minimum atomic E-state index is -0.478. The predicted molar refractivity (Wildman–Crippen MR) is 80.7 cm³/mol. The summed E-state index contributed by atoms with van der Waals surface area (Å²) in [5, 5.41) is 9.07. The van der Waals surface area contributed by atoms with Crippen molar-refractivity contribution >= 4 is 23.3 Å². The molecule has 21 heavy (non-hydrogen) atoms. The van der Waals surface area contributed by atoms with Crippen molar-refractivity contribution in [2.45, 2.75) is 38.1 Å². The van der Waals surface area contributed by atoms with E-state index in [2.05, 4.69) is 15.5 Å². The molecule has 110 valence electrons. The lowest BCUT2D eigenvalue weighted by molar-refractivity contribution is -0.118. The molecule has 3 rings (SSSR count). The number of nitrogens with one attached hydrogen (secondary N) is 1. The average Bonchev–Trinajstić information content (AvgIpc) is 3.17. The molecule has 5 nitrogen and oxygen atoms in total. The maximum absolute atomic E-state index is 12.2. The Morgan fingerprint density at radius 1 is 1.48 bits per heavy atom. The van der Waals surface area contributed by atoms with Gasteiger partial charge in [-0.3, -0.25) is 4.79 Å². The highest BCUT2D eigenvalue weighted by Gasteiger charge is 2.40. The molecule has 6 heteroatoms. The minimum Gasteiger partial charge on any atom is -0.340 e. The third kappa shape index (κ3) is 3.05. The van der Waals surface area contributed by atoms with Crippen LogP contribution in [0.5, 0.6) is 0 Å². The standard InChI is InChI=1S/C15H17N3O2S/c1-11-16-14(18-20-11)15(8-2-3-9-15)17-13(19)7-6-12-5-4-10-21-12/h4-7,10H,2-3,8-9H2,1H3,(H,17,19)/b7-6+. The van der Waals surface area contributed by atoms with Crippen molar-refractivity contribution < 1.29 is 9.32 Å². The summed E-state index contributed by atoms with van der Waals surface area (Å²) >= 11 is 1.60. The number of amides is 1. The first-order valence-corrected chi connectivity index (χ1v) is 7.90. The molecule has 0 spiro atoms. The summed E-state index contributed by atoms with van der Waals surface area (Å²) in [7, 11) is 0. The first kappa shape index (κ1) is 14.0. The molecule has 1 amide bonds. The number of nitrogens with zero attached hydrogens (tertiary/aromatic N) is 2. The third-order valence-corrected chi connectivity index (χ3v) is 4.55. The molecule has 2 aromatic rings. The number of hydrogen-bond acceptors (Lipinski definition) is 5. The summed E-state index contributed by atoms with van der Waals surface area (Å²) in [4.78, 5) is 17.6. The summed E-state index contributed by atoms with van der Waals surface area (Å²) in [6.45, 7) is 1.76. The highest BCUT2D eigenvalue weighted by Crippen LogP contribution is 2.37. The van der Waals surface area contributed by atoms with E-state index in [0.29, 0.717) is 11.7 Å². The van der Waals surface area contributed by atoms with Crippen molar-refractivity contribution in [3.05, 3.63) is 40.2 Å². The summed E-state index contributed by atoms with van der Waals surface area (Å²) in [5.74, 6) is 1.00. The second-order valence-electron chi connectivity index (χ2n) is 5.26. The fourth-order valence-electron chi connectivity index (χ4n) is 2.70. The van der Waals surface area contributed by atoms with Gasteiger partial charge in [0.1, 0.15) is 5.54 Å². The van der Waals surface area contributed by atoms with Gasteiger partial charge in [0.25, 0.3) is 0 Å². The van der Waals surface area contributed by atoms with E-state index < -0.39 is 5.54 Å². The van der Waals surface area contributed by atoms with Gasteiger partial charge < -0.3 is 9.84 Å². The smallest absolute Gasteiger partial charge is 0.244 e. The Morgan fingerprint density at radius 2 is 2.29 bits per heavy atom. The van der Waals surface area contributed by atoms with Crippen molar-refractivity contribution in [2.75, 3.05) is 0 Å². The first-order valence-electron chi connectivity index (χ1n) is 7.02. The number of aryl methyl sites for hydroxylation is 1. The lowest BCUT2D eigenvalue weighted by Gasteiger charge is -2.25. The Bertz CT molecular complexity index is 640. The van der Waals surface area contributed by atoms with Gasteiger partial charge in [-0.25, -0.2) is 0 Å². The zero-order valence-corrected chi connectivity index (χ0v) is 12.7. The second kappa shape index (κ2) is 5.81. The quantitative estimate of drug-likeness (QED) is 0.882. The highest BCUT2D eigenvalue weighted by molar-refractivity contribution is 7.10. The molecule has 0 atom stereocenters. The molecular formula is C15H17N3O2S. The Labute approximate surface area is 127 Å². The zero-order chi connectivity index (χ0) is 14.7. The Hall–Kier alpha value is -1.95. The Morgan fingerprint density at radius 3 is 2.90 bits per heavy atom. The number of carbonyl (C=O) groups excluding carboxylic acids is 1. The fourth-order valence-corrected chi connectivity index (χ4v) is 3.32. The molecule has 2 aromatic heterocycles. The fraction of sp³-hybridized carbons (Fsp3) is 0.400. The van der Waals surface area contributed by atoms with Crippen LogP contribution in [0.1, 0.15) is 42.3 Å². The van der Waals surface area contributed by atoms with E-state index in [1.54, 1.807) is 24.3 Å². The maximum Gasteiger partial charge on any atom is 0.244 e. The topological polar surface area (TPSA) is 68.0 Å². The van der Waals surface area contributed by atoms with E-state index in [1.165, 1.54) is 0 Å². The normalized spacial score (nSPS) is 17.4. The molecular weight excluding hydrogens is 286 g/mol. The molecule has 0 radical (unpaired) electrons. The van der Waals surface area contributed by atoms with Crippen LogP contribution in [0.4, 0.5) is 0 Å². The van der Waals surface area contributed by atoms with Gasteiger partial charge in [0.15, 0.2) is 5.82 Å². The monoisotopic (exact) mass is 303 g/mol. The van der Waals surface area contributed by atoms with E-state index in [0.717, 1.165) is 30.6 Å². The van der Waals surface area contributed by atoms with E-state index in [4.69, 9.17) is 4.52 Å². The van der Waals surface area contributed by atoms with Crippen LogP contribution in [0.15, 0.2) is 28.1 Å². The average molecular weight is 303 g/mol. The van der Waals surface area contributed by atoms with Crippen LogP contribution in [0, 0.1) is 6.92 Å². The zero-order valence-electron chi connectivity index (χ0n) is 11.8. The molecule has 1 saturated carbocycles. The van der Waals surface area contributed by atoms with Crippen molar-refractivity contribution in [1.82, 2.24) is 15.5 Å². The third-order valence-electron chi connectivity index (χ3n) is 3.72. The van der Waals surface area contributed by atoms with Crippen LogP contribution in [0.3, 0.4) is 0 Å². The molecule has 1 aliphatic rings. The van der Waals surface area contributed by atoms with Gasteiger partial charge in [-0.1, -0.05) is 24.1 Å². The van der Waals surface area contributed by atoms with Crippen molar-refractivity contribution in [1.29, 1.82) is 0 Å². The molecule has 1 N–H and O–H groups in total. The minimum absolute atomic E-state index is 0.118. The number of thiophene rings is 1. The lowest BCUT2D eigenvalue weighted by atomic mass is 9.96. The van der Waals surface area contributed by atoms with Crippen LogP contribution >= 0.6 is 11.3 Å². The van der Waals surface area contributed by atoms with Gasteiger partial charge in [-0.2, -0.15) is 4.98 Å². The molecule has 0 aliphatic heterocycles. The van der Waals surface area contributed by atoms with E-state index >= 15 is 0 Å². The Balaban J connectivity index is 1.75. The van der Waals surface area contributed by atoms with E-state index in [9.17, 15) is 4.79 Å². The van der Waals surface area contributed by atoms with E-state index in [-0.39, 0.29) is 5.91 Å². The van der Waals surface area contributed by atoms with E-state index in [1.807, 2.05) is 23.6 Å². The summed E-state index contributed by atoms with van der Waals surface area (Å²) < 4.78 is 5.07. The lowest BCUT2D eigenvalue weighted by Crippen LogP contribution is -2.44. The molecule has 0 aromatic carbocycles. The van der Waals surface area contributed by atoms with Crippen LogP contribution in [-0.2, 0) is 10.3 Å². The van der Waals surface area contributed by atoms with Gasteiger partial charge in [0.05, 0.1) is 0 Å². The molecule has 0 unspecified atom stereocenters. The van der Waals surface area contributed by atoms with Crippen LogP contribution in [-0.4, -0.2) is 16.0 Å². The molecule has 0 saturated heterocycles. The number of hydrogen-bond donors (Lipinski definition) is 1. The van der Waals surface area contributed by atoms with Crippen molar-refractivity contribution in [3.8, 4) is 0 Å². The maximum atomic E-state index is 12.2. The first-order chi connectivity index (χ1) is 10.2. The number of rotatable bonds is 4. The van der Waals surface area contributed by atoms with Gasteiger partial charge in [-0.15, -0.1) is 11.3 Å². The van der Waals surface area contributed by atoms with Crippen LogP contribution < -0.4 is 5.32 Å². The molecule has 1 fully saturated rings. The van der Waals surface area contributed by atoms with Gasteiger partial charge in [0, 0.05) is 17.9 Å². The largest absolute Gasteiger partial charge is 0.340 e. The van der Waals surface area contributed by atoms with Crippen LogP contribution in [0.25, 0.3) is 6.08 Å². The number of aromatic nitrogens is 2. The number of carbonyl (C=O) groups is 1.